The molecule has 152 valence electrons. The zero-order chi connectivity index (χ0) is 21.0. The molecule has 29 heavy (non-hydrogen) atoms. The molecule has 1 aliphatic heterocycles. The van der Waals surface area contributed by atoms with Crippen LogP contribution in [0.2, 0.25) is 0 Å². The van der Waals surface area contributed by atoms with E-state index in [0.29, 0.717) is 35.5 Å². The second-order valence-corrected chi connectivity index (χ2v) is 7.06. The van der Waals surface area contributed by atoms with E-state index in [4.69, 9.17) is 9.47 Å². The summed E-state index contributed by atoms with van der Waals surface area (Å²) in [5, 5.41) is 3.15. The van der Waals surface area contributed by atoms with Gasteiger partial charge in [-0.05, 0) is 62.2 Å². The van der Waals surface area contributed by atoms with Crippen molar-refractivity contribution in [3.8, 4) is 11.5 Å². The van der Waals surface area contributed by atoms with Crippen molar-refractivity contribution in [2.45, 2.75) is 33.3 Å². The summed E-state index contributed by atoms with van der Waals surface area (Å²) in [7, 11) is 1.58. The van der Waals surface area contributed by atoms with Crippen LogP contribution >= 0.6 is 0 Å². The summed E-state index contributed by atoms with van der Waals surface area (Å²) in [4.78, 5) is 27.2. The monoisotopic (exact) mass is 394 g/mol. The van der Waals surface area contributed by atoms with E-state index in [-0.39, 0.29) is 23.6 Å². The van der Waals surface area contributed by atoms with Crippen LogP contribution in [0.15, 0.2) is 54.2 Å². The minimum atomic E-state index is -0.315. The number of carbonyl (C=O) groups excluding carboxylic acids is 2. The highest BCUT2D eigenvalue weighted by Crippen LogP contribution is 2.32. The predicted molar refractivity (Wildman–Crippen MR) is 113 cm³/mol. The van der Waals surface area contributed by atoms with Gasteiger partial charge in [-0.15, -0.1) is 0 Å². The molecule has 0 saturated carbocycles. The Bertz CT molecular complexity index is 915. The number of methoxy groups -OCH3 is 1. The Morgan fingerprint density at radius 2 is 1.55 bits per heavy atom. The van der Waals surface area contributed by atoms with Crippen LogP contribution in [0, 0.1) is 0 Å². The molecule has 6 nitrogen and oxygen atoms in total. The predicted octanol–water partition coefficient (Wildman–Crippen LogP) is 4.08. The fourth-order valence-corrected chi connectivity index (χ4v) is 3.18. The quantitative estimate of drug-likeness (QED) is 0.683. The number of nitrogens with one attached hydrogen (secondary N) is 1. The molecule has 0 spiro atoms. The first-order valence-electron chi connectivity index (χ1n) is 9.73. The van der Waals surface area contributed by atoms with Crippen LogP contribution in [-0.4, -0.2) is 36.5 Å². The van der Waals surface area contributed by atoms with Crippen LogP contribution < -0.4 is 14.8 Å². The first kappa shape index (κ1) is 20.5. The summed E-state index contributed by atoms with van der Waals surface area (Å²) >= 11 is 0. The molecule has 2 aromatic rings. The van der Waals surface area contributed by atoms with Gasteiger partial charge in [-0.3, -0.25) is 14.5 Å². The number of carbonyl (C=O) groups is 2. The van der Waals surface area contributed by atoms with Crippen molar-refractivity contribution in [3.63, 3.8) is 0 Å². The van der Waals surface area contributed by atoms with Gasteiger partial charge in [0.15, 0.2) is 0 Å². The van der Waals surface area contributed by atoms with Crippen LogP contribution in [0.3, 0.4) is 0 Å². The number of amides is 2. The Labute approximate surface area is 171 Å². The smallest absolute Gasteiger partial charge is 0.278 e. The average Bonchev–Trinajstić information content (AvgIpc) is 2.94. The maximum atomic E-state index is 13.0. The van der Waals surface area contributed by atoms with Crippen LogP contribution in [0.25, 0.3) is 5.57 Å². The number of imide groups is 1. The molecule has 0 aromatic heterocycles. The first-order valence-corrected chi connectivity index (χ1v) is 9.73. The summed E-state index contributed by atoms with van der Waals surface area (Å²) in [6, 6.07) is 14.5. The number of hydrogen-bond donors (Lipinski definition) is 1. The Morgan fingerprint density at radius 3 is 2.10 bits per heavy atom. The van der Waals surface area contributed by atoms with E-state index in [9.17, 15) is 9.59 Å². The minimum absolute atomic E-state index is 0.0785. The van der Waals surface area contributed by atoms with E-state index in [2.05, 4.69) is 5.32 Å². The molecule has 0 fully saturated rings. The fraction of sp³-hybridized carbons (Fsp3) is 0.304. The highest BCUT2D eigenvalue weighted by atomic mass is 16.5. The highest BCUT2D eigenvalue weighted by Gasteiger charge is 2.38. The van der Waals surface area contributed by atoms with Gasteiger partial charge in [-0.2, -0.15) is 0 Å². The van der Waals surface area contributed by atoms with Gasteiger partial charge in [-0.25, -0.2) is 0 Å². The van der Waals surface area contributed by atoms with Gasteiger partial charge in [0.05, 0.1) is 18.8 Å². The number of benzene rings is 2. The third-order valence-electron chi connectivity index (χ3n) is 4.49. The molecule has 1 N–H and O–H groups in total. The average molecular weight is 394 g/mol. The highest BCUT2D eigenvalue weighted by molar-refractivity contribution is 6.36. The van der Waals surface area contributed by atoms with Crippen LogP contribution in [-0.2, 0) is 9.59 Å². The van der Waals surface area contributed by atoms with E-state index in [1.165, 1.54) is 4.90 Å². The van der Waals surface area contributed by atoms with Crippen molar-refractivity contribution in [1.29, 1.82) is 0 Å². The van der Waals surface area contributed by atoms with Gasteiger partial charge in [-0.1, -0.05) is 19.1 Å². The van der Waals surface area contributed by atoms with Gasteiger partial charge in [0.2, 0.25) is 0 Å². The molecular weight excluding hydrogens is 368 g/mol. The van der Waals surface area contributed by atoms with Crippen molar-refractivity contribution in [3.05, 3.63) is 59.8 Å². The lowest BCUT2D eigenvalue weighted by atomic mass is 10.0. The Balaban J connectivity index is 1.96. The molecule has 0 unspecified atom stereocenters. The Kier molecular flexibility index (Phi) is 6.22. The fourth-order valence-electron chi connectivity index (χ4n) is 3.18. The van der Waals surface area contributed by atoms with E-state index in [1.54, 1.807) is 31.4 Å². The Morgan fingerprint density at radius 1 is 0.931 bits per heavy atom. The van der Waals surface area contributed by atoms with Gasteiger partial charge in [0.25, 0.3) is 11.8 Å². The third kappa shape index (κ3) is 4.42. The zero-order valence-corrected chi connectivity index (χ0v) is 17.2. The number of anilines is 1. The summed E-state index contributed by atoms with van der Waals surface area (Å²) in [6.45, 7) is 6.24. The molecular formula is C23H26N2O4. The molecule has 2 aromatic carbocycles. The zero-order valence-electron chi connectivity index (χ0n) is 17.2. The minimum Gasteiger partial charge on any atom is -0.497 e. The maximum absolute atomic E-state index is 13.0. The van der Waals surface area contributed by atoms with Crippen molar-refractivity contribution in [1.82, 2.24) is 4.90 Å². The normalized spacial score (nSPS) is 14.0. The largest absolute Gasteiger partial charge is 0.497 e. The molecule has 0 bridgehead atoms. The molecule has 1 heterocycles. The van der Waals surface area contributed by atoms with Gasteiger partial charge in [0.1, 0.15) is 17.2 Å². The summed E-state index contributed by atoms with van der Waals surface area (Å²) < 4.78 is 10.9. The Hall–Kier alpha value is -3.28. The lowest BCUT2D eigenvalue weighted by molar-refractivity contribution is -0.136. The molecule has 0 aliphatic carbocycles. The second-order valence-electron chi connectivity index (χ2n) is 7.06. The molecule has 0 radical (unpaired) electrons. The van der Waals surface area contributed by atoms with Crippen molar-refractivity contribution < 1.29 is 19.1 Å². The molecule has 3 rings (SSSR count). The number of ether oxygens (including phenoxy) is 2. The molecule has 0 atom stereocenters. The van der Waals surface area contributed by atoms with Crippen molar-refractivity contribution in [2.75, 3.05) is 19.0 Å². The lowest BCUT2D eigenvalue weighted by Crippen LogP contribution is -2.33. The molecule has 2 amide bonds. The second kappa shape index (κ2) is 8.82. The number of nitrogens with zero attached hydrogens (tertiary/aromatic N) is 1. The van der Waals surface area contributed by atoms with E-state index < -0.39 is 0 Å². The first-order chi connectivity index (χ1) is 13.9. The number of hydrogen-bond acceptors (Lipinski definition) is 5. The van der Waals surface area contributed by atoms with Crippen LogP contribution in [0.1, 0.15) is 32.8 Å². The lowest BCUT2D eigenvalue weighted by Gasteiger charge is -2.14. The summed E-state index contributed by atoms with van der Waals surface area (Å²) in [5.74, 6) is 0.831. The third-order valence-corrected chi connectivity index (χ3v) is 4.49. The summed E-state index contributed by atoms with van der Waals surface area (Å²) in [5.41, 5.74) is 2.03. The summed E-state index contributed by atoms with van der Waals surface area (Å²) in [6.07, 6.45) is 0.775. The van der Waals surface area contributed by atoms with Gasteiger partial charge < -0.3 is 14.8 Å². The van der Waals surface area contributed by atoms with Crippen LogP contribution in [0.5, 0.6) is 11.5 Å². The SMILES string of the molecule is CCCN1C(=O)C(Nc2ccc(OC(C)C)cc2)=C(c2ccc(OC)cc2)C1=O. The van der Waals surface area contributed by atoms with Gasteiger partial charge in [0, 0.05) is 12.2 Å². The molecule has 0 saturated heterocycles. The van der Waals surface area contributed by atoms with Crippen molar-refractivity contribution >= 4 is 23.1 Å². The van der Waals surface area contributed by atoms with Crippen LogP contribution in [0.4, 0.5) is 5.69 Å². The van der Waals surface area contributed by atoms with Gasteiger partial charge >= 0.3 is 0 Å². The standard InChI is InChI=1S/C23H26N2O4/c1-5-14-25-22(26)20(16-6-10-18(28-4)11-7-16)21(23(25)27)24-17-8-12-19(13-9-17)29-15(2)3/h6-13,15,24H,5,14H2,1-4H3. The van der Waals surface area contributed by atoms with E-state index >= 15 is 0 Å². The van der Waals surface area contributed by atoms with E-state index in [0.717, 1.165) is 5.75 Å². The number of rotatable bonds is 8. The topological polar surface area (TPSA) is 67.9 Å². The van der Waals surface area contributed by atoms with E-state index in [1.807, 2.05) is 45.0 Å². The molecule has 6 heteroatoms. The molecule has 1 aliphatic rings. The maximum Gasteiger partial charge on any atom is 0.278 e. The van der Waals surface area contributed by atoms with Crippen molar-refractivity contribution in [2.24, 2.45) is 0 Å².